The van der Waals surface area contributed by atoms with Crippen LogP contribution < -0.4 is 10.1 Å². The number of methoxy groups -OCH3 is 1. The second-order valence-corrected chi connectivity index (χ2v) is 9.08. The Labute approximate surface area is 201 Å². The van der Waals surface area contributed by atoms with Crippen LogP contribution in [0.1, 0.15) is 35.5 Å². The monoisotopic (exact) mass is 472 g/mol. The van der Waals surface area contributed by atoms with Crippen LogP contribution in [0.5, 0.6) is 5.75 Å². The lowest BCUT2D eigenvalue weighted by atomic mass is 9.94. The number of aromatic nitrogens is 2. The number of thiophene rings is 1. The van der Waals surface area contributed by atoms with Crippen LogP contribution in [0.15, 0.2) is 76.3 Å². The molecule has 4 aromatic rings. The third-order valence-electron chi connectivity index (χ3n) is 5.87. The van der Waals surface area contributed by atoms with Crippen LogP contribution in [0.4, 0.5) is 4.79 Å². The molecule has 8 heteroatoms. The van der Waals surface area contributed by atoms with Gasteiger partial charge in [-0.3, -0.25) is 4.90 Å². The molecule has 172 valence electrons. The van der Waals surface area contributed by atoms with Gasteiger partial charge in [0.2, 0.25) is 5.82 Å². The fourth-order valence-corrected chi connectivity index (χ4v) is 4.78. The zero-order valence-electron chi connectivity index (χ0n) is 19.1. The van der Waals surface area contributed by atoms with Crippen molar-refractivity contribution >= 4 is 22.9 Å². The maximum absolute atomic E-state index is 13.3. The molecule has 2 aromatic heterocycles. The van der Waals surface area contributed by atoms with E-state index < -0.39 is 6.04 Å². The molecule has 1 N–H and O–H groups in total. The lowest BCUT2D eigenvalue weighted by Crippen LogP contribution is -2.45. The molecule has 0 aliphatic carbocycles. The van der Waals surface area contributed by atoms with Gasteiger partial charge in [-0.25, -0.2) is 4.79 Å². The normalized spacial score (nSPS) is 16.0. The summed E-state index contributed by atoms with van der Waals surface area (Å²) >= 11 is 1.55. The first-order valence-corrected chi connectivity index (χ1v) is 11.8. The van der Waals surface area contributed by atoms with E-state index in [4.69, 9.17) is 9.26 Å². The van der Waals surface area contributed by atoms with Crippen molar-refractivity contribution < 1.29 is 14.1 Å². The van der Waals surface area contributed by atoms with Crippen LogP contribution >= 0.6 is 11.3 Å². The summed E-state index contributed by atoms with van der Waals surface area (Å²) in [5.41, 5.74) is 4.63. The number of carbonyl (C=O) groups excluding carboxylic acids is 1. The number of amides is 2. The van der Waals surface area contributed by atoms with Crippen molar-refractivity contribution in [2.45, 2.75) is 26.4 Å². The minimum atomic E-state index is -0.441. The van der Waals surface area contributed by atoms with E-state index >= 15 is 0 Å². The van der Waals surface area contributed by atoms with Crippen LogP contribution in [-0.4, -0.2) is 28.2 Å². The lowest BCUT2D eigenvalue weighted by Gasteiger charge is -2.35. The molecule has 0 radical (unpaired) electrons. The third-order valence-corrected chi connectivity index (χ3v) is 6.73. The zero-order valence-corrected chi connectivity index (χ0v) is 19.9. The molecule has 1 atom stereocenters. The molecule has 0 bridgehead atoms. The highest BCUT2D eigenvalue weighted by Crippen LogP contribution is 2.38. The largest absolute Gasteiger partial charge is 0.497 e. The van der Waals surface area contributed by atoms with E-state index in [9.17, 15) is 4.79 Å². The Bertz CT molecular complexity index is 1340. The Kier molecular flexibility index (Phi) is 5.90. The molecule has 0 saturated heterocycles. The summed E-state index contributed by atoms with van der Waals surface area (Å²) in [4.78, 5) is 20.6. The summed E-state index contributed by atoms with van der Waals surface area (Å²) in [6.45, 7) is 4.40. The first-order chi connectivity index (χ1) is 16.5. The van der Waals surface area contributed by atoms with Crippen molar-refractivity contribution in [3.63, 3.8) is 0 Å². The third kappa shape index (κ3) is 4.20. The minimum Gasteiger partial charge on any atom is -0.497 e. The number of aryl methyl sites for hydroxylation is 1. The fraction of sp³-hybridized carbons (Fsp3) is 0.192. The number of allylic oxidation sites excluding steroid dienone is 1. The van der Waals surface area contributed by atoms with Crippen LogP contribution in [-0.2, 0) is 6.54 Å². The summed E-state index contributed by atoms with van der Waals surface area (Å²) in [6, 6.07) is 19.0. The number of urea groups is 1. The van der Waals surface area contributed by atoms with E-state index in [1.54, 1.807) is 23.3 Å². The Hall–Kier alpha value is -3.91. The standard InChI is InChI=1S/C26H24N4O3S/c1-16-6-4-7-18(14-16)15-30-17(2)22(25-28-24(29-33-25)21-8-5-13-34-21)23(27-26(30)31)19-9-11-20(32-3)12-10-19/h4-14,23H,15H2,1-3H3,(H,27,31). The van der Waals surface area contributed by atoms with Gasteiger partial charge in [-0.15, -0.1) is 11.3 Å². The maximum Gasteiger partial charge on any atom is 0.322 e. The topological polar surface area (TPSA) is 80.5 Å². The van der Waals surface area contributed by atoms with Crippen molar-refractivity contribution in [2.24, 2.45) is 0 Å². The van der Waals surface area contributed by atoms with Crippen molar-refractivity contribution in [3.05, 3.63) is 94.3 Å². The SMILES string of the molecule is COc1ccc(C2NC(=O)N(Cc3cccc(C)c3)C(C)=C2c2nc(-c3cccs3)no2)cc1. The van der Waals surface area contributed by atoms with Crippen LogP contribution in [0.3, 0.4) is 0 Å². The number of nitrogens with zero attached hydrogens (tertiary/aromatic N) is 3. The Morgan fingerprint density at radius 2 is 1.94 bits per heavy atom. The van der Waals surface area contributed by atoms with Gasteiger partial charge in [-0.2, -0.15) is 4.98 Å². The molecule has 2 amide bonds. The van der Waals surface area contributed by atoms with Gasteiger partial charge < -0.3 is 14.6 Å². The summed E-state index contributed by atoms with van der Waals surface area (Å²) in [7, 11) is 1.63. The van der Waals surface area contributed by atoms with Gasteiger partial charge in [0.05, 0.1) is 30.1 Å². The van der Waals surface area contributed by atoms with Gasteiger partial charge in [0.1, 0.15) is 5.75 Å². The van der Waals surface area contributed by atoms with Crippen LogP contribution in [0.25, 0.3) is 16.3 Å². The fourth-order valence-electron chi connectivity index (χ4n) is 4.13. The number of hydrogen-bond acceptors (Lipinski definition) is 6. The van der Waals surface area contributed by atoms with Gasteiger partial charge in [-0.05, 0) is 48.6 Å². The molecular weight excluding hydrogens is 448 g/mol. The number of carbonyl (C=O) groups is 1. The molecule has 7 nitrogen and oxygen atoms in total. The van der Waals surface area contributed by atoms with Gasteiger partial charge >= 0.3 is 6.03 Å². The first kappa shape index (κ1) is 21.9. The summed E-state index contributed by atoms with van der Waals surface area (Å²) < 4.78 is 11.0. The minimum absolute atomic E-state index is 0.179. The number of hydrogen-bond donors (Lipinski definition) is 1. The van der Waals surface area contributed by atoms with E-state index in [1.807, 2.05) is 73.8 Å². The van der Waals surface area contributed by atoms with Gasteiger partial charge in [0.25, 0.3) is 5.89 Å². The predicted molar refractivity (Wildman–Crippen MR) is 131 cm³/mol. The zero-order chi connectivity index (χ0) is 23.7. The summed E-state index contributed by atoms with van der Waals surface area (Å²) in [6.07, 6.45) is 0. The highest BCUT2D eigenvalue weighted by atomic mass is 32.1. The molecule has 0 spiro atoms. The number of benzene rings is 2. The second kappa shape index (κ2) is 9.15. The van der Waals surface area contributed by atoms with Crippen LogP contribution in [0, 0.1) is 6.92 Å². The van der Waals surface area contributed by atoms with Crippen molar-refractivity contribution in [3.8, 4) is 16.5 Å². The first-order valence-electron chi connectivity index (χ1n) is 10.9. The highest BCUT2D eigenvalue weighted by Gasteiger charge is 2.35. The smallest absolute Gasteiger partial charge is 0.322 e. The molecular formula is C26H24N4O3S. The van der Waals surface area contributed by atoms with E-state index in [0.717, 1.165) is 38.6 Å². The van der Waals surface area contributed by atoms with Crippen LogP contribution in [0.2, 0.25) is 0 Å². The Balaban J connectivity index is 1.59. The number of rotatable bonds is 6. The molecule has 0 saturated carbocycles. The molecule has 3 heterocycles. The molecule has 0 fully saturated rings. The highest BCUT2D eigenvalue weighted by molar-refractivity contribution is 7.13. The molecule has 1 aliphatic heterocycles. The lowest BCUT2D eigenvalue weighted by molar-refractivity contribution is 0.203. The van der Waals surface area contributed by atoms with E-state index in [1.165, 1.54) is 0 Å². The van der Waals surface area contributed by atoms with Crippen molar-refractivity contribution in [1.29, 1.82) is 0 Å². The van der Waals surface area contributed by atoms with Gasteiger partial charge in [0.15, 0.2) is 0 Å². The Morgan fingerprint density at radius 1 is 1.12 bits per heavy atom. The van der Waals surface area contributed by atoms with E-state index in [0.29, 0.717) is 18.3 Å². The number of nitrogens with one attached hydrogen (secondary N) is 1. The van der Waals surface area contributed by atoms with E-state index in [-0.39, 0.29) is 6.03 Å². The van der Waals surface area contributed by atoms with E-state index in [2.05, 4.69) is 21.5 Å². The molecule has 5 rings (SSSR count). The molecule has 1 aliphatic rings. The molecule has 1 unspecified atom stereocenters. The quantitative estimate of drug-likeness (QED) is 0.383. The van der Waals surface area contributed by atoms with Crippen molar-refractivity contribution in [2.75, 3.05) is 7.11 Å². The summed E-state index contributed by atoms with van der Waals surface area (Å²) in [5.74, 6) is 1.66. The van der Waals surface area contributed by atoms with Gasteiger partial charge in [0, 0.05) is 5.70 Å². The average Bonchev–Trinajstić information content (AvgIpc) is 3.54. The maximum atomic E-state index is 13.3. The van der Waals surface area contributed by atoms with Crippen molar-refractivity contribution in [1.82, 2.24) is 20.4 Å². The molecule has 2 aromatic carbocycles. The molecule has 34 heavy (non-hydrogen) atoms. The second-order valence-electron chi connectivity index (χ2n) is 8.13. The predicted octanol–water partition coefficient (Wildman–Crippen LogP) is 5.81. The average molecular weight is 473 g/mol. The summed E-state index contributed by atoms with van der Waals surface area (Å²) in [5, 5.41) is 9.32. The Morgan fingerprint density at radius 3 is 2.65 bits per heavy atom. The van der Waals surface area contributed by atoms with Gasteiger partial charge in [-0.1, -0.05) is 53.2 Å². The number of ether oxygens (including phenoxy) is 1.